The molecule has 15 nitrogen and oxygen atoms in total. The van der Waals surface area contributed by atoms with Crippen molar-refractivity contribution >= 4 is 97.6 Å². The number of rotatable bonds is 20. The number of amides is 3. The number of anilines is 1. The number of benzene rings is 4. The van der Waals surface area contributed by atoms with Gasteiger partial charge in [0, 0.05) is 58.0 Å². The van der Waals surface area contributed by atoms with Gasteiger partial charge in [-0.2, -0.15) is 0 Å². The van der Waals surface area contributed by atoms with Crippen LogP contribution in [0.5, 0.6) is 11.6 Å². The number of aromatic nitrogens is 4. The number of aryl methyl sites for hydroxylation is 1. The van der Waals surface area contributed by atoms with Gasteiger partial charge in [0.25, 0.3) is 0 Å². The Morgan fingerprint density at radius 1 is 0.955 bits per heavy atom. The summed E-state index contributed by atoms with van der Waals surface area (Å²) in [5, 5.41) is 32.7. The van der Waals surface area contributed by atoms with Gasteiger partial charge < -0.3 is 30.3 Å². The van der Waals surface area contributed by atoms with E-state index in [0.29, 0.717) is 86.5 Å². The number of ether oxygens (including phenoxy) is 1. The van der Waals surface area contributed by atoms with Gasteiger partial charge in [-0.1, -0.05) is 88.2 Å². The molecule has 66 heavy (non-hydrogen) atoms. The van der Waals surface area contributed by atoms with Crippen LogP contribution in [0.15, 0.2) is 125 Å². The number of aromatic amines is 1. The van der Waals surface area contributed by atoms with Gasteiger partial charge in [0.2, 0.25) is 17.7 Å². The maximum absolute atomic E-state index is 13.7. The van der Waals surface area contributed by atoms with E-state index < -0.39 is 11.9 Å². The van der Waals surface area contributed by atoms with Crippen molar-refractivity contribution in [2.24, 2.45) is 10.1 Å². The van der Waals surface area contributed by atoms with Gasteiger partial charge in [0.05, 0.1) is 29.0 Å². The van der Waals surface area contributed by atoms with Crippen LogP contribution in [-0.2, 0) is 38.8 Å². The summed E-state index contributed by atoms with van der Waals surface area (Å²) < 4.78 is 7.51. The summed E-state index contributed by atoms with van der Waals surface area (Å²) in [6, 6.07) is 30.0. The molecule has 3 aromatic heterocycles. The second-order valence-corrected chi connectivity index (χ2v) is 17.1. The highest BCUT2D eigenvalue weighted by atomic mass is 35.5. The summed E-state index contributed by atoms with van der Waals surface area (Å²) in [7, 11) is 0. The van der Waals surface area contributed by atoms with Gasteiger partial charge in [0.1, 0.15) is 48.0 Å². The Hall–Kier alpha value is -6.72. The average molecular weight is 967 g/mol. The van der Waals surface area contributed by atoms with Crippen LogP contribution >= 0.6 is 46.1 Å². The molecule has 0 spiro atoms. The molecule has 0 saturated carbocycles. The number of carbonyl (C=O) groups is 3. The number of carbonyl (C=O) groups excluding carboxylic acids is 3. The number of nitrogens with zero attached hydrogens (tertiary/aromatic N) is 6. The van der Waals surface area contributed by atoms with E-state index in [1.165, 1.54) is 16.2 Å². The smallest absolute Gasteiger partial charge is 0.248 e. The lowest BCUT2D eigenvalue weighted by atomic mass is 10.0. The highest BCUT2D eigenvalue weighted by Gasteiger charge is 2.34. The number of fused-ring (bicyclic) bond motifs is 2. The Bertz CT molecular complexity index is 2900. The number of para-hydroxylation sites is 1. The van der Waals surface area contributed by atoms with Crippen molar-refractivity contribution in [3.05, 3.63) is 152 Å². The Labute approximate surface area is 398 Å². The molecule has 1 aliphatic heterocycles. The van der Waals surface area contributed by atoms with Crippen LogP contribution in [0.3, 0.4) is 0 Å². The second-order valence-electron chi connectivity index (χ2n) is 15.0. The summed E-state index contributed by atoms with van der Waals surface area (Å²) in [5.41, 5.74) is 5.52. The Morgan fingerprint density at radius 2 is 1.79 bits per heavy atom. The number of H-pyrrole nitrogens is 1. The van der Waals surface area contributed by atoms with E-state index >= 15 is 0 Å². The number of aromatic hydroxyl groups is 1. The molecule has 4 N–H and O–H groups in total. The maximum atomic E-state index is 13.7. The minimum atomic E-state index is -0.984. The highest BCUT2D eigenvalue weighted by Crippen LogP contribution is 2.38. The van der Waals surface area contributed by atoms with E-state index in [-0.39, 0.29) is 54.8 Å². The Morgan fingerprint density at radius 3 is 2.59 bits per heavy atom. The molecular weight excluding hydrogens is 925 g/mol. The molecule has 0 bridgehead atoms. The monoisotopic (exact) mass is 965 g/mol. The van der Waals surface area contributed by atoms with Crippen molar-refractivity contribution < 1.29 is 29.1 Å². The van der Waals surface area contributed by atoms with Crippen LogP contribution in [-0.4, -0.2) is 79.8 Å². The minimum absolute atomic E-state index is 0.0254. The van der Waals surface area contributed by atoms with Gasteiger partial charge in [-0.25, -0.2) is 4.99 Å². The van der Waals surface area contributed by atoms with Gasteiger partial charge >= 0.3 is 0 Å². The van der Waals surface area contributed by atoms with Crippen molar-refractivity contribution in [1.29, 1.82) is 0 Å². The third-order valence-electron chi connectivity index (χ3n) is 10.5. The first-order valence-corrected chi connectivity index (χ1v) is 23.0. The zero-order valence-corrected chi connectivity index (χ0v) is 38.2. The summed E-state index contributed by atoms with van der Waals surface area (Å²) in [4.78, 5) is 55.2. The van der Waals surface area contributed by atoms with Crippen molar-refractivity contribution in [3.8, 4) is 11.6 Å². The molecule has 0 saturated heterocycles. The molecule has 4 aromatic carbocycles. The number of aliphatic imine (C=N–C) groups is 1. The molecule has 4 heterocycles. The van der Waals surface area contributed by atoms with Crippen LogP contribution in [0.25, 0.3) is 10.9 Å². The predicted molar refractivity (Wildman–Crippen MR) is 257 cm³/mol. The lowest BCUT2D eigenvalue weighted by Gasteiger charge is -2.30. The van der Waals surface area contributed by atoms with Crippen molar-refractivity contribution in [3.63, 3.8) is 0 Å². The normalized spacial score (nSPS) is 13.0. The van der Waals surface area contributed by atoms with Crippen molar-refractivity contribution in [2.75, 3.05) is 30.5 Å². The van der Waals surface area contributed by atoms with Crippen molar-refractivity contribution in [1.82, 2.24) is 30.6 Å². The molecule has 3 amide bonds. The fourth-order valence-electron chi connectivity index (χ4n) is 7.32. The number of oxime groups is 1. The Balaban J connectivity index is 0.805. The highest BCUT2D eigenvalue weighted by molar-refractivity contribution is 7.10. The van der Waals surface area contributed by atoms with E-state index in [9.17, 15) is 19.5 Å². The zero-order valence-electron chi connectivity index (χ0n) is 35.1. The Kier molecular flexibility index (Phi) is 14.9. The topological polar surface area (TPSA) is 188 Å². The summed E-state index contributed by atoms with van der Waals surface area (Å²) in [5.74, 6) is -1.10. The van der Waals surface area contributed by atoms with Crippen LogP contribution in [0.2, 0.25) is 10.0 Å². The van der Waals surface area contributed by atoms with Crippen molar-refractivity contribution in [2.45, 2.75) is 38.5 Å². The number of nitrogens with one attached hydrogen (secondary N) is 3. The molecule has 0 radical (unpaired) electrons. The van der Waals surface area contributed by atoms with E-state index in [0.717, 1.165) is 11.1 Å². The van der Waals surface area contributed by atoms with Crippen LogP contribution < -0.4 is 20.3 Å². The van der Waals surface area contributed by atoms with Crippen LogP contribution in [0.4, 0.5) is 11.4 Å². The maximum Gasteiger partial charge on any atom is 0.248 e. The van der Waals surface area contributed by atoms with E-state index in [4.69, 9.17) is 49.4 Å². The molecule has 1 atom stereocenters. The van der Waals surface area contributed by atoms with E-state index in [2.05, 4.69) is 31.1 Å². The third-order valence-corrected chi connectivity index (χ3v) is 12.1. The first kappa shape index (κ1) is 45.8. The third kappa shape index (κ3) is 10.9. The summed E-state index contributed by atoms with van der Waals surface area (Å²) >= 11 is 20.4. The zero-order chi connectivity index (χ0) is 46.0. The molecule has 7 aromatic rings. The summed E-state index contributed by atoms with van der Waals surface area (Å²) in [6.07, 6.45) is 2.94. The first-order chi connectivity index (χ1) is 32.2. The number of alkyl halides is 1. The molecule has 338 valence electrons. The quantitative estimate of drug-likeness (QED) is 0.0332. The molecule has 0 aliphatic carbocycles. The number of hydrogen-bond donors (Lipinski definition) is 4. The number of halogens is 3. The fraction of sp³-hybridized carbons (Fsp3) is 0.213. The molecule has 1 aliphatic rings. The second kappa shape index (κ2) is 21.5. The molecule has 19 heteroatoms. The van der Waals surface area contributed by atoms with E-state index in [1.54, 1.807) is 53.3 Å². The largest absolute Gasteiger partial charge is 0.494 e. The van der Waals surface area contributed by atoms with Crippen LogP contribution in [0, 0.1) is 0 Å². The first-order valence-electron chi connectivity index (χ1n) is 20.9. The molecule has 0 fully saturated rings. The van der Waals surface area contributed by atoms with Crippen LogP contribution in [0.1, 0.15) is 46.1 Å². The average Bonchev–Trinajstić information content (AvgIpc) is 4.15. The standard InChI is InChI=1S/C47H42Cl3N9O6S/c48-26-41(61)59(45(39-12-6-23-66-39)47(63)52-20-17-29-8-2-1-3-9-29)32-14-16-38(35(50)25-32)64-28-31-27-58(57-55-31)21-18-40(60)51-19-7-22-65-56-43-33-10-4-5-11-36(33)53-44(43)42-34-24-30(49)13-15-37(34)54-46(42)62/h1-6,8-16,23-25,27,45,54,62H,7,17-22,26,28H2,(H,51,60)(H,52,63)/b56-43+. The minimum Gasteiger partial charge on any atom is -0.494 e. The fourth-order valence-corrected chi connectivity index (χ4v) is 8.67. The van der Waals surface area contributed by atoms with Gasteiger partial charge in [0.15, 0.2) is 5.88 Å². The molecule has 1 unspecified atom stereocenters. The number of hydrogen-bond acceptors (Lipinski definition) is 11. The lowest BCUT2D eigenvalue weighted by Crippen LogP contribution is -2.44. The molecule has 8 rings (SSSR count). The van der Waals surface area contributed by atoms with E-state index in [1.807, 2.05) is 66.0 Å². The SMILES string of the molecule is O=C(CCn1cc(COc2ccc(N(C(=O)CCl)C(C(=O)NCCc3ccccc3)c3cccs3)cc2Cl)nn1)NCCCO/N=C1/C(c2c(O)[nH]c3ccc(Cl)cc23)=Nc2ccccc21. The van der Waals surface area contributed by atoms with Gasteiger partial charge in [-0.3, -0.25) is 24.0 Å². The lowest BCUT2D eigenvalue weighted by molar-refractivity contribution is -0.125. The van der Waals surface area contributed by atoms with Gasteiger partial charge in [-0.05, 0) is 65.9 Å². The van der Waals surface area contributed by atoms with Gasteiger partial charge in [-0.15, -0.1) is 28.0 Å². The molecular formula is C47H42Cl3N9O6S. The summed E-state index contributed by atoms with van der Waals surface area (Å²) in [6.45, 7) is 1.25. The number of thiophene rings is 1. The predicted octanol–water partition coefficient (Wildman–Crippen LogP) is 8.54.